The van der Waals surface area contributed by atoms with E-state index in [-0.39, 0.29) is 23.4 Å². The third-order valence-electron chi connectivity index (χ3n) is 3.72. The average molecular weight is 327 g/mol. The highest BCUT2D eigenvalue weighted by Crippen LogP contribution is 2.33. The van der Waals surface area contributed by atoms with Crippen molar-refractivity contribution < 1.29 is 17.8 Å². The van der Waals surface area contributed by atoms with Crippen molar-refractivity contribution in [3.8, 4) is 0 Å². The third kappa shape index (κ3) is 3.85. The summed E-state index contributed by atoms with van der Waals surface area (Å²) in [6.07, 6.45) is 0. The Kier molecular flexibility index (Phi) is 5.72. The molecule has 22 heavy (non-hydrogen) atoms. The van der Waals surface area contributed by atoms with E-state index in [0.717, 1.165) is 6.07 Å². The van der Waals surface area contributed by atoms with Crippen LogP contribution in [0.15, 0.2) is 23.1 Å². The molecule has 0 aliphatic heterocycles. The van der Waals surface area contributed by atoms with E-state index in [9.17, 15) is 17.8 Å². The number of nitrogens with two attached hydrogens (primary N) is 1. The molecule has 123 valence electrons. The number of likely N-dealkylation sites (N-methyl/N-ethyl adjacent to an activating group) is 1. The molecule has 7 heteroatoms. The Hall–Kier alpha value is -1.44. The Morgan fingerprint density at radius 1 is 1.18 bits per heavy atom. The maximum atomic E-state index is 12.6. The second-order valence-corrected chi connectivity index (χ2v) is 7.28. The van der Waals surface area contributed by atoms with Crippen molar-refractivity contribution in [3.05, 3.63) is 23.8 Å². The number of hydrogen-bond acceptors (Lipinski definition) is 5. The number of hydrogen-bond donors (Lipinski definition) is 1. The first kappa shape index (κ1) is 18.6. The minimum atomic E-state index is -4.69. The number of anilines is 1. The molecule has 1 unspecified atom stereocenters. The Morgan fingerprint density at radius 2 is 1.73 bits per heavy atom. The van der Waals surface area contributed by atoms with E-state index in [1.807, 2.05) is 18.7 Å². The van der Waals surface area contributed by atoms with Crippen molar-refractivity contribution >= 4 is 21.6 Å². The highest BCUT2D eigenvalue weighted by molar-refractivity contribution is 7.85. The van der Waals surface area contributed by atoms with Crippen molar-refractivity contribution in [2.45, 2.75) is 44.7 Å². The summed E-state index contributed by atoms with van der Waals surface area (Å²) in [5, 5.41) is 0. The molecule has 0 spiro atoms. The fraction of sp³-hybridized carbons (Fsp3) is 0.533. The van der Waals surface area contributed by atoms with Crippen LogP contribution >= 0.6 is 0 Å². The molecule has 0 fully saturated rings. The van der Waals surface area contributed by atoms with Crippen molar-refractivity contribution in [2.24, 2.45) is 5.92 Å². The van der Waals surface area contributed by atoms with Crippen LogP contribution in [0.1, 0.15) is 39.3 Å². The van der Waals surface area contributed by atoms with Crippen LogP contribution in [0.3, 0.4) is 0 Å². The predicted octanol–water partition coefficient (Wildman–Crippen LogP) is 1.99. The average Bonchev–Trinajstić information content (AvgIpc) is 2.38. The van der Waals surface area contributed by atoms with E-state index < -0.39 is 21.1 Å². The Balaban J connectivity index is 3.54. The maximum absolute atomic E-state index is 12.6. The van der Waals surface area contributed by atoms with Gasteiger partial charge in [-0.2, -0.15) is 8.42 Å². The number of nitrogens with zero attached hydrogens (tertiary/aromatic N) is 1. The molecule has 0 saturated heterocycles. The van der Waals surface area contributed by atoms with Crippen LogP contribution in [0, 0.1) is 5.92 Å². The van der Waals surface area contributed by atoms with Crippen LogP contribution in [-0.2, 0) is 19.5 Å². The van der Waals surface area contributed by atoms with Gasteiger partial charge in [0.2, 0.25) is 0 Å². The first-order valence-electron chi connectivity index (χ1n) is 7.08. The summed E-state index contributed by atoms with van der Waals surface area (Å²) < 4.78 is 33.9. The van der Waals surface area contributed by atoms with Gasteiger partial charge in [-0.15, -0.1) is 0 Å². The van der Waals surface area contributed by atoms with Crippen LogP contribution < -0.4 is 5.73 Å². The number of carbonyl (C=O) groups excluding carboxylic acids is 1. The van der Waals surface area contributed by atoms with Crippen LogP contribution in [0.2, 0.25) is 0 Å². The zero-order valence-corrected chi connectivity index (χ0v) is 14.3. The number of benzene rings is 1. The van der Waals surface area contributed by atoms with Crippen LogP contribution in [0.4, 0.5) is 5.69 Å². The number of carbonyl (C=O) groups is 1. The number of ketones is 1. The zero-order chi connectivity index (χ0) is 17.2. The number of para-hydroxylation sites is 1. The lowest BCUT2D eigenvalue weighted by Gasteiger charge is -2.32. The van der Waals surface area contributed by atoms with Gasteiger partial charge in [0.1, 0.15) is 4.90 Å². The number of rotatable bonds is 6. The van der Waals surface area contributed by atoms with Gasteiger partial charge in [0.15, 0.2) is 5.78 Å². The highest BCUT2D eigenvalue weighted by Gasteiger charge is 2.32. The topological polar surface area (TPSA) is 100 Å². The summed E-state index contributed by atoms with van der Waals surface area (Å²) in [6.45, 7) is 7.39. The first-order chi connectivity index (χ1) is 9.98. The van der Waals surface area contributed by atoms with Gasteiger partial charge in [0.25, 0.3) is 0 Å². The van der Waals surface area contributed by atoms with E-state index in [2.05, 4.69) is 0 Å². The SMILES string of the molecule is CC(C)C(=O)C(c1cccc(S([O])(=O)=O)c1N)N(C)C(C)C. The van der Waals surface area contributed by atoms with Gasteiger partial charge < -0.3 is 5.73 Å². The van der Waals surface area contributed by atoms with Gasteiger partial charge in [-0.25, -0.2) is 0 Å². The van der Waals surface area contributed by atoms with Crippen molar-refractivity contribution in [1.82, 2.24) is 4.90 Å². The molecule has 2 N–H and O–H groups in total. The van der Waals surface area contributed by atoms with Gasteiger partial charge in [-0.3, -0.25) is 9.69 Å². The Morgan fingerprint density at radius 3 is 2.14 bits per heavy atom. The van der Waals surface area contributed by atoms with Gasteiger partial charge in [-0.1, -0.05) is 30.5 Å². The quantitative estimate of drug-likeness (QED) is 0.805. The van der Waals surface area contributed by atoms with Gasteiger partial charge in [0.05, 0.1) is 11.7 Å². The molecule has 0 amide bonds. The summed E-state index contributed by atoms with van der Waals surface area (Å²) >= 11 is 0. The van der Waals surface area contributed by atoms with E-state index in [1.165, 1.54) is 6.07 Å². The van der Waals surface area contributed by atoms with Gasteiger partial charge in [-0.05, 0) is 27.0 Å². The fourth-order valence-electron chi connectivity index (χ4n) is 2.20. The van der Waals surface area contributed by atoms with Crippen LogP contribution in [0.5, 0.6) is 0 Å². The van der Waals surface area contributed by atoms with Crippen molar-refractivity contribution in [2.75, 3.05) is 12.8 Å². The Labute approximate surface area is 132 Å². The molecule has 0 saturated carbocycles. The second-order valence-electron chi connectivity index (χ2n) is 5.93. The third-order valence-corrected chi connectivity index (χ3v) is 4.62. The lowest BCUT2D eigenvalue weighted by atomic mass is 9.92. The van der Waals surface area contributed by atoms with Crippen LogP contribution in [-0.4, -0.2) is 32.2 Å². The fourth-order valence-corrected chi connectivity index (χ4v) is 2.84. The second kappa shape index (κ2) is 6.76. The largest absolute Gasteiger partial charge is 0.397 e. The summed E-state index contributed by atoms with van der Waals surface area (Å²) in [5.41, 5.74) is 6.09. The molecule has 1 aromatic rings. The molecular formula is C15H23N2O4S. The summed E-state index contributed by atoms with van der Waals surface area (Å²) in [7, 11) is -2.91. The summed E-state index contributed by atoms with van der Waals surface area (Å²) in [4.78, 5) is 13.9. The highest BCUT2D eigenvalue weighted by atomic mass is 32.2. The molecule has 1 radical (unpaired) electrons. The normalized spacial score (nSPS) is 13.9. The van der Waals surface area contributed by atoms with E-state index >= 15 is 0 Å². The van der Waals surface area contributed by atoms with Gasteiger partial charge >= 0.3 is 10.1 Å². The lowest BCUT2D eigenvalue weighted by Crippen LogP contribution is -2.38. The van der Waals surface area contributed by atoms with E-state index in [0.29, 0.717) is 5.56 Å². The minimum absolute atomic E-state index is 0.0413. The lowest BCUT2D eigenvalue weighted by molar-refractivity contribution is -0.127. The van der Waals surface area contributed by atoms with E-state index in [1.54, 1.807) is 27.0 Å². The molecule has 0 heterocycles. The molecule has 0 aromatic heterocycles. The number of Topliss-reactive ketones (excluding diaryl/α,β-unsaturated/α-hetero) is 1. The van der Waals surface area contributed by atoms with Crippen LogP contribution in [0.25, 0.3) is 0 Å². The smallest absolute Gasteiger partial charge is 0.326 e. The molecule has 1 atom stereocenters. The molecule has 6 nitrogen and oxygen atoms in total. The first-order valence-corrected chi connectivity index (χ1v) is 8.49. The molecular weight excluding hydrogens is 304 g/mol. The maximum Gasteiger partial charge on any atom is 0.326 e. The standard InChI is InChI=1S/C15H23N2O4S/c1-9(2)15(18)14(17(5)10(3)4)11-7-6-8-12(13(11)16)22(19,20)21/h6-10,14H,16H2,1-5H3. The van der Waals surface area contributed by atoms with Crippen molar-refractivity contribution in [3.63, 3.8) is 0 Å². The molecule has 1 rings (SSSR count). The number of nitrogen functional groups attached to an aromatic ring is 1. The van der Waals surface area contributed by atoms with Crippen molar-refractivity contribution in [1.29, 1.82) is 0 Å². The minimum Gasteiger partial charge on any atom is -0.397 e. The summed E-state index contributed by atoms with van der Waals surface area (Å²) in [5.74, 6) is -0.332. The van der Waals surface area contributed by atoms with E-state index in [4.69, 9.17) is 5.73 Å². The molecule has 0 aliphatic carbocycles. The molecule has 0 bridgehead atoms. The molecule has 1 aromatic carbocycles. The monoisotopic (exact) mass is 327 g/mol. The Bertz CT molecular complexity index is 654. The zero-order valence-electron chi connectivity index (χ0n) is 13.5. The predicted molar refractivity (Wildman–Crippen MR) is 84.2 cm³/mol. The summed E-state index contributed by atoms with van der Waals surface area (Å²) in [6, 6.07) is 3.54. The molecule has 0 aliphatic rings. The van der Waals surface area contributed by atoms with Gasteiger partial charge in [0, 0.05) is 17.5 Å².